The minimum atomic E-state index is 0.729. The monoisotopic (exact) mass is 303 g/mol. The van der Waals surface area contributed by atoms with E-state index < -0.39 is 0 Å². The fourth-order valence-electron chi connectivity index (χ4n) is 1.86. The lowest BCUT2D eigenvalue weighted by Gasteiger charge is -2.08. The summed E-state index contributed by atoms with van der Waals surface area (Å²) in [7, 11) is 1.71. The molecular weight excluding hydrogens is 282 g/mol. The van der Waals surface area contributed by atoms with Crippen LogP contribution in [-0.4, -0.2) is 26.5 Å². The van der Waals surface area contributed by atoms with Gasteiger partial charge in [0.15, 0.2) is 0 Å². The van der Waals surface area contributed by atoms with Gasteiger partial charge in [-0.3, -0.25) is 0 Å². The zero-order valence-corrected chi connectivity index (χ0v) is 13.3. The molecule has 0 aliphatic rings. The second-order valence-electron chi connectivity index (χ2n) is 4.59. The van der Waals surface area contributed by atoms with Crippen molar-refractivity contribution in [3.63, 3.8) is 0 Å². The van der Waals surface area contributed by atoms with Crippen LogP contribution in [0.5, 0.6) is 11.5 Å². The van der Waals surface area contributed by atoms with Crippen LogP contribution in [-0.2, 0) is 11.3 Å². The van der Waals surface area contributed by atoms with Gasteiger partial charge in [-0.2, -0.15) is 0 Å². The van der Waals surface area contributed by atoms with Gasteiger partial charge in [0.05, 0.1) is 6.61 Å². The number of benzene rings is 2. The second kappa shape index (κ2) is 8.72. The molecule has 0 unspecified atom stereocenters. The first-order valence-electron chi connectivity index (χ1n) is 6.92. The molecule has 0 bridgehead atoms. The molecule has 0 spiro atoms. The lowest BCUT2D eigenvalue weighted by molar-refractivity contribution is 0.199. The van der Waals surface area contributed by atoms with Crippen molar-refractivity contribution in [3.8, 4) is 11.5 Å². The maximum Gasteiger partial charge on any atom is 0.127 e. The topological polar surface area (TPSA) is 30.5 Å². The molecule has 0 heterocycles. The maximum atomic E-state index is 5.83. The van der Waals surface area contributed by atoms with Crippen molar-refractivity contribution in [1.82, 2.24) is 5.32 Å². The largest absolute Gasteiger partial charge is 0.457 e. The van der Waals surface area contributed by atoms with Crippen molar-refractivity contribution >= 4 is 11.8 Å². The van der Waals surface area contributed by atoms with Gasteiger partial charge in [-0.25, -0.2) is 0 Å². The molecule has 4 heteroatoms. The van der Waals surface area contributed by atoms with Gasteiger partial charge in [-0.1, -0.05) is 12.1 Å². The summed E-state index contributed by atoms with van der Waals surface area (Å²) in [5, 5.41) is 3.32. The third-order valence-corrected chi connectivity index (χ3v) is 3.77. The summed E-state index contributed by atoms with van der Waals surface area (Å²) in [6.07, 6.45) is 2.06. The zero-order chi connectivity index (χ0) is 14.9. The van der Waals surface area contributed by atoms with Crippen molar-refractivity contribution in [2.75, 3.05) is 26.5 Å². The predicted octanol–water partition coefficient (Wildman–Crippen LogP) is 3.94. The Bertz CT molecular complexity index is 525. The summed E-state index contributed by atoms with van der Waals surface area (Å²) in [4.78, 5) is 1.24. The molecule has 1 N–H and O–H groups in total. The van der Waals surface area contributed by atoms with Crippen LogP contribution in [0.25, 0.3) is 0 Å². The van der Waals surface area contributed by atoms with Crippen LogP contribution in [0.1, 0.15) is 5.56 Å². The minimum Gasteiger partial charge on any atom is -0.457 e. The summed E-state index contributed by atoms with van der Waals surface area (Å²) in [5.74, 6) is 1.71. The highest BCUT2D eigenvalue weighted by molar-refractivity contribution is 7.98. The molecule has 0 amide bonds. The van der Waals surface area contributed by atoms with E-state index in [1.54, 1.807) is 18.9 Å². The van der Waals surface area contributed by atoms with Gasteiger partial charge >= 0.3 is 0 Å². The number of thioether (sulfide) groups is 1. The molecular formula is C17H21NO2S. The predicted molar refractivity (Wildman–Crippen MR) is 88.3 cm³/mol. The van der Waals surface area contributed by atoms with E-state index in [1.807, 2.05) is 24.3 Å². The van der Waals surface area contributed by atoms with Gasteiger partial charge in [0.1, 0.15) is 11.5 Å². The van der Waals surface area contributed by atoms with E-state index in [4.69, 9.17) is 9.47 Å². The molecule has 0 aromatic heterocycles. The van der Waals surface area contributed by atoms with Crippen molar-refractivity contribution in [2.45, 2.75) is 11.4 Å². The standard InChI is InChI=1S/C17H21NO2S/c1-19-12-11-18-13-14-3-5-15(6-4-14)20-16-7-9-17(21-2)10-8-16/h3-10,18H,11-13H2,1-2H3. The van der Waals surface area contributed by atoms with Crippen molar-refractivity contribution in [2.24, 2.45) is 0 Å². The molecule has 3 nitrogen and oxygen atoms in total. The average molecular weight is 303 g/mol. The van der Waals surface area contributed by atoms with Gasteiger partial charge in [0.25, 0.3) is 0 Å². The Morgan fingerprint density at radius 2 is 1.57 bits per heavy atom. The fraction of sp³-hybridized carbons (Fsp3) is 0.294. The lowest BCUT2D eigenvalue weighted by atomic mass is 10.2. The Balaban J connectivity index is 1.86. The molecule has 0 radical (unpaired) electrons. The average Bonchev–Trinajstić information content (AvgIpc) is 2.54. The fourth-order valence-corrected chi connectivity index (χ4v) is 2.27. The Kier molecular flexibility index (Phi) is 6.60. The Hall–Kier alpha value is -1.49. The van der Waals surface area contributed by atoms with Crippen LogP contribution in [0.4, 0.5) is 0 Å². The number of rotatable bonds is 8. The zero-order valence-electron chi connectivity index (χ0n) is 12.5. The number of ether oxygens (including phenoxy) is 2. The summed E-state index contributed by atoms with van der Waals surface area (Å²) >= 11 is 1.73. The molecule has 112 valence electrons. The van der Waals surface area contributed by atoms with Crippen molar-refractivity contribution in [3.05, 3.63) is 54.1 Å². The number of nitrogens with one attached hydrogen (secondary N) is 1. The van der Waals surface area contributed by atoms with Crippen LogP contribution in [0, 0.1) is 0 Å². The second-order valence-corrected chi connectivity index (χ2v) is 5.47. The van der Waals surface area contributed by atoms with Crippen LogP contribution >= 0.6 is 11.8 Å². The maximum absolute atomic E-state index is 5.83. The molecule has 21 heavy (non-hydrogen) atoms. The van der Waals surface area contributed by atoms with Gasteiger partial charge in [0.2, 0.25) is 0 Å². The molecule has 0 saturated heterocycles. The number of methoxy groups -OCH3 is 1. The minimum absolute atomic E-state index is 0.729. The summed E-state index contributed by atoms with van der Waals surface area (Å²) < 4.78 is 10.8. The van der Waals surface area contributed by atoms with E-state index in [0.717, 1.165) is 31.2 Å². The number of hydrogen-bond acceptors (Lipinski definition) is 4. The molecule has 2 aromatic rings. The van der Waals surface area contributed by atoms with E-state index in [9.17, 15) is 0 Å². The van der Waals surface area contributed by atoms with E-state index in [-0.39, 0.29) is 0 Å². The first kappa shape index (κ1) is 15.9. The van der Waals surface area contributed by atoms with E-state index in [0.29, 0.717) is 0 Å². The highest BCUT2D eigenvalue weighted by atomic mass is 32.2. The molecule has 0 fully saturated rings. The molecule has 2 aromatic carbocycles. The smallest absolute Gasteiger partial charge is 0.127 e. The molecule has 0 aliphatic carbocycles. The SMILES string of the molecule is COCCNCc1ccc(Oc2ccc(SC)cc2)cc1. The Labute approximate surface area is 130 Å². The third kappa shape index (κ3) is 5.42. The van der Waals surface area contributed by atoms with Gasteiger partial charge < -0.3 is 14.8 Å². The van der Waals surface area contributed by atoms with E-state index >= 15 is 0 Å². The summed E-state index contributed by atoms with van der Waals surface area (Å²) in [6, 6.07) is 16.3. The Morgan fingerprint density at radius 1 is 0.952 bits per heavy atom. The number of hydrogen-bond donors (Lipinski definition) is 1. The highest BCUT2D eigenvalue weighted by Crippen LogP contribution is 2.24. The lowest BCUT2D eigenvalue weighted by Crippen LogP contribution is -2.18. The van der Waals surface area contributed by atoms with E-state index in [1.165, 1.54) is 10.5 Å². The van der Waals surface area contributed by atoms with Gasteiger partial charge in [-0.15, -0.1) is 11.8 Å². The first-order valence-corrected chi connectivity index (χ1v) is 8.15. The van der Waals surface area contributed by atoms with Gasteiger partial charge in [-0.05, 0) is 48.2 Å². The van der Waals surface area contributed by atoms with Crippen molar-refractivity contribution < 1.29 is 9.47 Å². The first-order chi connectivity index (χ1) is 10.3. The van der Waals surface area contributed by atoms with E-state index in [2.05, 4.69) is 35.8 Å². The normalized spacial score (nSPS) is 10.6. The molecule has 0 atom stereocenters. The summed E-state index contributed by atoms with van der Waals surface area (Å²) in [6.45, 7) is 2.43. The molecule has 0 aliphatic heterocycles. The molecule has 2 rings (SSSR count). The van der Waals surface area contributed by atoms with Crippen LogP contribution in [0.15, 0.2) is 53.4 Å². The van der Waals surface area contributed by atoms with Crippen molar-refractivity contribution in [1.29, 1.82) is 0 Å². The third-order valence-electron chi connectivity index (χ3n) is 3.03. The highest BCUT2D eigenvalue weighted by Gasteiger charge is 1.99. The van der Waals surface area contributed by atoms with Crippen LogP contribution in [0.3, 0.4) is 0 Å². The Morgan fingerprint density at radius 3 is 2.14 bits per heavy atom. The summed E-state index contributed by atoms with van der Waals surface area (Å²) in [5.41, 5.74) is 1.23. The quantitative estimate of drug-likeness (QED) is 0.591. The molecule has 0 saturated carbocycles. The van der Waals surface area contributed by atoms with Gasteiger partial charge in [0, 0.05) is 25.1 Å². The van der Waals surface area contributed by atoms with Crippen LogP contribution < -0.4 is 10.1 Å². The van der Waals surface area contributed by atoms with Crippen LogP contribution in [0.2, 0.25) is 0 Å².